The summed E-state index contributed by atoms with van der Waals surface area (Å²) >= 11 is 0. The summed E-state index contributed by atoms with van der Waals surface area (Å²) in [5.74, 6) is 0. The van der Waals surface area contributed by atoms with Gasteiger partial charge in [0.25, 0.3) is 0 Å². The lowest BCUT2D eigenvalue weighted by molar-refractivity contribution is 0.448. The Morgan fingerprint density at radius 3 is 2.25 bits per heavy atom. The second kappa shape index (κ2) is 12.8. The van der Waals surface area contributed by atoms with E-state index in [9.17, 15) is 0 Å². The van der Waals surface area contributed by atoms with Crippen molar-refractivity contribution in [1.29, 1.82) is 0 Å². The first kappa shape index (κ1) is 15.7. The van der Waals surface area contributed by atoms with Crippen molar-refractivity contribution in [3.05, 3.63) is 12.7 Å². The average molecular weight is 225 g/mol. The normalized spacial score (nSPS) is 12.6. The molecular formula is C15H31N. The van der Waals surface area contributed by atoms with Gasteiger partial charge in [0.15, 0.2) is 0 Å². The smallest absolute Gasteiger partial charge is 0.00641 e. The minimum absolute atomic E-state index is 0.728. The van der Waals surface area contributed by atoms with Gasteiger partial charge in [0.05, 0.1) is 0 Å². The first-order valence-electron chi connectivity index (χ1n) is 7.13. The molecule has 1 atom stereocenters. The minimum atomic E-state index is 0.728. The fraction of sp³-hybridized carbons (Fsp3) is 0.867. The van der Waals surface area contributed by atoms with Gasteiger partial charge in [0.2, 0.25) is 0 Å². The van der Waals surface area contributed by atoms with E-state index in [2.05, 4.69) is 25.9 Å². The van der Waals surface area contributed by atoms with E-state index in [1.807, 2.05) is 6.08 Å². The second-order valence-corrected chi connectivity index (χ2v) is 4.76. The third-order valence-electron chi connectivity index (χ3n) is 3.28. The molecule has 16 heavy (non-hydrogen) atoms. The second-order valence-electron chi connectivity index (χ2n) is 4.76. The number of hydrogen-bond donors (Lipinski definition) is 1. The summed E-state index contributed by atoms with van der Waals surface area (Å²) < 4.78 is 0. The third kappa shape index (κ3) is 10.2. The highest BCUT2D eigenvalue weighted by Crippen LogP contribution is 2.12. The molecule has 96 valence electrons. The van der Waals surface area contributed by atoms with E-state index in [1.54, 1.807) is 0 Å². The lowest BCUT2D eigenvalue weighted by Crippen LogP contribution is -2.24. The van der Waals surface area contributed by atoms with E-state index in [1.165, 1.54) is 57.8 Å². The summed E-state index contributed by atoms with van der Waals surface area (Å²) in [6, 6.07) is 0.728. The van der Waals surface area contributed by atoms with Crippen molar-refractivity contribution in [1.82, 2.24) is 5.32 Å². The van der Waals surface area contributed by atoms with E-state index in [0.717, 1.165) is 12.5 Å². The molecule has 0 aromatic rings. The zero-order valence-electron chi connectivity index (χ0n) is 11.4. The Morgan fingerprint density at radius 1 is 1.00 bits per heavy atom. The third-order valence-corrected chi connectivity index (χ3v) is 3.28. The van der Waals surface area contributed by atoms with Gasteiger partial charge in [-0.05, 0) is 32.7 Å². The Balaban J connectivity index is 3.29. The monoisotopic (exact) mass is 225 g/mol. The van der Waals surface area contributed by atoms with E-state index < -0.39 is 0 Å². The molecule has 0 amide bonds. The maximum absolute atomic E-state index is 3.77. The van der Waals surface area contributed by atoms with Crippen LogP contribution in [0.25, 0.3) is 0 Å². The van der Waals surface area contributed by atoms with Crippen LogP contribution in [0.2, 0.25) is 0 Å². The molecule has 0 aliphatic carbocycles. The molecule has 1 heteroatoms. The van der Waals surface area contributed by atoms with Gasteiger partial charge >= 0.3 is 0 Å². The highest BCUT2D eigenvalue weighted by molar-refractivity contribution is 4.70. The zero-order chi connectivity index (χ0) is 12.1. The lowest BCUT2D eigenvalue weighted by atomic mass is 10.0. The van der Waals surface area contributed by atoms with Crippen molar-refractivity contribution >= 4 is 0 Å². The molecule has 1 unspecified atom stereocenters. The van der Waals surface area contributed by atoms with Crippen LogP contribution < -0.4 is 5.32 Å². The van der Waals surface area contributed by atoms with E-state index in [4.69, 9.17) is 0 Å². The molecule has 0 aliphatic heterocycles. The molecule has 0 saturated carbocycles. The van der Waals surface area contributed by atoms with Crippen molar-refractivity contribution in [3.63, 3.8) is 0 Å². The van der Waals surface area contributed by atoms with Crippen LogP contribution in [0.5, 0.6) is 0 Å². The molecule has 0 aliphatic rings. The standard InChI is InChI=1S/C15H31N/c1-4-6-8-9-10-12-14-15(16-3)13-11-7-5-2/h5,15-16H,2,4,6-14H2,1,3H3. The molecule has 1 N–H and O–H groups in total. The van der Waals surface area contributed by atoms with Gasteiger partial charge < -0.3 is 5.32 Å². The van der Waals surface area contributed by atoms with E-state index >= 15 is 0 Å². The molecule has 0 spiro atoms. The quantitative estimate of drug-likeness (QED) is 0.375. The molecular weight excluding hydrogens is 194 g/mol. The molecule has 0 heterocycles. The summed E-state index contributed by atoms with van der Waals surface area (Å²) in [5, 5.41) is 3.43. The molecule has 1 nitrogen and oxygen atoms in total. The SMILES string of the molecule is C=CCCCC(CCCCCCCC)NC. The fourth-order valence-corrected chi connectivity index (χ4v) is 2.11. The van der Waals surface area contributed by atoms with Crippen molar-refractivity contribution in [3.8, 4) is 0 Å². The van der Waals surface area contributed by atoms with Gasteiger partial charge in [-0.1, -0.05) is 51.5 Å². The van der Waals surface area contributed by atoms with Crippen molar-refractivity contribution < 1.29 is 0 Å². The molecule has 0 aromatic heterocycles. The topological polar surface area (TPSA) is 12.0 Å². The Hall–Kier alpha value is -0.300. The number of unbranched alkanes of at least 4 members (excludes halogenated alkanes) is 6. The van der Waals surface area contributed by atoms with Crippen LogP contribution in [0.4, 0.5) is 0 Å². The maximum atomic E-state index is 3.77. The molecule has 0 aromatic carbocycles. The number of rotatable bonds is 12. The van der Waals surface area contributed by atoms with Crippen LogP contribution in [0.3, 0.4) is 0 Å². The Bertz CT molecular complexity index is 142. The Kier molecular flexibility index (Phi) is 12.5. The lowest BCUT2D eigenvalue weighted by Gasteiger charge is -2.15. The fourth-order valence-electron chi connectivity index (χ4n) is 2.11. The molecule has 0 rings (SSSR count). The van der Waals surface area contributed by atoms with E-state index in [0.29, 0.717) is 0 Å². The van der Waals surface area contributed by atoms with Gasteiger partial charge in [-0.2, -0.15) is 0 Å². The summed E-state index contributed by atoms with van der Waals surface area (Å²) in [6.45, 7) is 6.04. The first-order valence-corrected chi connectivity index (χ1v) is 7.13. The first-order chi connectivity index (χ1) is 7.85. The van der Waals surface area contributed by atoms with Crippen LogP contribution >= 0.6 is 0 Å². The van der Waals surface area contributed by atoms with Gasteiger partial charge in [-0.15, -0.1) is 6.58 Å². The van der Waals surface area contributed by atoms with Crippen molar-refractivity contribution in [2.75, 3.05) is 7.05 Å². The molecule has 0 fully saturated rings. The van der Waals surface area contributed by atoms with Crippen LogP contribution in [0.15, 0.2) is 12.7 Å². The highest BCUT2D eigenvalue weighted by atomic mass is 14.9. The predicted molar refractivity (Wildman–Crippen MR) is 74.9 cm³/mol. The van der Waals surface area contributed by atoms with Gasteiger partial charge in [0, 0.05) is 6.04 Å². The van der Waals surface area contributed by atoms with Crippen LogP contribution in [0.1, 0.15) is 71.1 Å². The summed E-state index contributed by atoms with van der Waals surface area (Å²) in [5.41, 5.74) is 0. The Morgan fingerprint density at radius 2 is 1.62 bits per heavy atom. The number of allylic oxidation sites excluding steroid dienone is 1. The van der Waals surface area contributed by atoms with E-state index in [-0.39, 0.29) is 0 Å². The summed E-state index contributed by atoms with van der Waals surface area (Å²) in [6.07, 6.45) is 15.5. The zero-order valence-corrected chi connectivity index (χ0v) is 11.4. The maximum Gasteiger partial charge on any atom is 0.00641 e. The molecule has 0 saturated heterocycles. The summed E-state index contributed by atoms with van der Waals surface area (Å²) in [4.78, 5) is 0. The van der Waals surface area contributed by atoms with Crippen LogP contribution in [0, 0.1) is 0 Å². The van der Waals surface area contributed by atoms with Crippen LogP contribution in [-0.2, 0) is 0 Å². The highest BCUT2D eigenvalue weighted by Gasteiger charge is 2.04. The van der Waals surface area contributed by atoms with Gasteiger partial charge in [0.1, 0.15) is 0 Å². The number of nitrogens with one attached hydrogen (secondary N) is 1. The largest absolute Gasteiger partial charge is 0.317 e. The minimum Gasteiger partial charge on any atom is -0.317 e. The predicted octanol–water partition coefficient (Wildman–Crippen LogP) is 4.68. The Labute approximate surface area is 103 Å². The van der Waals surface area contributed by atoms with Crippen molar-refractivity contribution in [2.24, 2.45) is 0 Å². The number of hydrogen-bond acceptors (Lipinski definition) is 1. The average Bonchev–Trinajstić information content (AvgIpc) is 2.31. The molecule has 0 radical (unpaired) electrons. The molecule has 0 bridgehead atoms. The van der Waals surface area contributed by atoms with Gasteiger partial charge in [-0.3, -0.25) is 0 Å². The summed E-state index contributed by atoms with van der Waals surface area (Å²) in [7, 11) is 2.09. The van der Waals surface area contributed by atoms with Crippen LogP contribution in [-0.4, -0.2) is 13.1 Å². The van der Waals surface area contributed by atoms with Gasteiger partial charge in [-0.25, -0.2) is 0 Å². The van der Waals surface area contributed by atoms with Crippen molar-refractivity contribution in [2.45, 2.75) is 77.2 Å².